The largest absolute Gasteiger partial charge is 0.497 e. The Morgan fingerprint density at radius 1 is 1.00 bits per heavy atom. The van der Waals surface area contributed by atoms with E-state index in [1.807, 2.05) is 60.7 Å². The Balaban J connectivity index is 1.44. The number of carbonyl (C=O) groups is 2. The van der Waals surface area contributed by atoms with Gasteiger partial charge in [-0.3, -0.25) is 14.9 Å². The van der Waals surface area contributed by atoms with Gasteiger partial charge in [0.1, 0.15) is 11.8 Å². The fraction of sp³-hybridized carbons (Fsp3) is 0.290. The summed E-state index contributed by atoms with van der Waals surface area (Å²) in [6, 6.07) is 22.3. The van der Waals surface area contributed by atoms with Crippen LogP contribution >= 0.6 is 0 Å². The fourth-order valence-electron chi connectivity index (χ4n) is 4.65. The molecule has 7 heteroatoms. The highest BCUT2D eigenvalue weighted by molar-refractivity contribution is 6.03. The maximum atomic E-state index is 13.4. The summed E-state index contributed by atoms with van der Waals surface area (Å²) >= 11 is 0. The molecule has 0 bridgehead atoms. The second kappa shape index (κ2) is 13.4. The number of amides is 2. The number of nitrogen functional groups attached to an aromatic ring is 1. The third-order valence-corrected chi connectivity index (χ3v) is 6.77. The van der Waals surface area contributed by atoms with Crippen molar-refractivity contribution in [1.82, 2.24) is 10.6 Å². The van der Waals surface area contributed by atoms with E-state index in [2.05, 4.69) is 16.0 Å². The van der Waals surface area contributed by atoms with E-state index in [1.54, 1.807) is 25.3 Å². The lowest BCUT2D eigenvalue weighted by Gasteiger charge is -2.26. The van der Waals surface area contributed by atoms with E-state index in [4.69, 9.17) is 10.5 Å². The SMILES string of the molecule is COc1cccc(CNC(C(=O)NC2CCCCC2)c2ccc(C=CC(=O)Nc3ccccc3N)cc2)c1. The molecule has 0 heterocycles. The first-order valence-corrected chi connectivity index (χ1v) is 13.1. The van der Waals surface area contributed by atoms with Crippen molar-refractivity contribution in [3.63, 3.8) is 0 Å². The van der Waals surface area contributed by atoms with Crippen molar-refractivity contribution >= 4 is 29.3 Å². The molecule has 5 N–H and O–H groups in total. The van der Waals surface area contributed by atoms with Gasteiger partial charge in [-0.1, -0.05) is 67.8 Å². The Morgan fingerprint density at radius 3 is 2.50 bits per heavy atom. The summed E-state index contributed by atoms with van der Waals surface area (Å²) in [5.41, 5.74) is 9.73. The molecule has 198 valence electrons. The van der Waals surface area contributed by atoms with Crippen LogP contribution in [0.3, 0.4) is 0 Å². The molecule has 4 rings (SSSR count). The van der Waals surface area contributed by atoms with E-state index < -0.39 is 6.04 Å². The Morgan fingerprint density at radius 2 is 1.76 bits per heavy atom. The molecule has 2 amide bonds. The molecule has 1 unspecified atom stereocenters. The lowest BCUT2D eigenvalue weighted by Crippen LogP contribution is -2.43. The maximum absolute atomic E-state index is 13.4. The molecule has 0 saturated heterocycles. The van der Waals surface area contributed by atoms with Crippen molar-refractivity contribution < 1.29 is 14.3 Å². The number of hydrogen-bond donors (Lipinski definition) is 4. The third-order valence-electron chi connectivity index (χ3n) is 6.77. The topological polar surface area (TPSA) is 105 Å². The number of carbonyl (C=O) groups excluding carboxylic acids is 2. The van der Waals surface area contributed by atoms with Crippen molar-refractivity contribution in [3.05, 3.63) is 95.6 Å². The van der Waals surface area contributed by atoms with Gasteiger partial charge in [-0.15, -0.1) is 0 Å². The second-order valence-corrected chi connectivity index (χ2v) is 9.59. The molecular formula is C31H36N4O3. The van der Waals surface area contributed by atoms with Crippen molar-refractivity contribution in [1.29, 1.82) is 0 Å². The van der Waals surface area contributed by atoms with Crippen LogP contribution in [0.2, 0.25) is 0 Å². The van der Waals surface area contributed by atoms with Gasteiger partial charge in [-0.2, -0.15) is 0 Å². The van der Waals surface area contributed by atoms with E-state index >= 15 is 0 Å². The molecule has 0 aromatic heterocycles. The number of rotatable bonds is 10. The lowest BCUT2D eigenvalue weighted by atomic mass is 9.94. The van der Waals surface area contributed by atoms with Crippen LogP contribution in [0.4, 0.5) is 11.4 Å². The molecule has 3 aromatic rings. The predicted octanol–water partition coefficient (Wildman–Crippen LogP) is 5.21. The van der Waals surface area contributed by atoms with E-state index in [1.165, 1.54) is 12.5 Å². The number of benzene rings is 3. The summed E-state index contributed by atoms with van der Waals surface area (Å²) in [5.74, 6) is 0.488. The smallest absolute Gasteiger partial charge is 0.248 e. The van der Waals surface area contributed by atoms with E-state index in [0.29, 0.717) is 17.9 Å². The fourth-order valence-corrected chi connectivity index (χ4v) is 4.65. The zero-order chi connectivity index (χ0) is 26.7. The highest BCUT2D eigenvalue weighted by Gasteiger charge is 2.24. The Labute approximate surface area is 224 Å². The molecule has 3 aromatic carbocycles. The van der Waals surface area contributed by atoms with E-state index in [0.717, 1.165) is 48.1 Å². The summed E-state index contributed by atoms with van der Waals surface area (Å²) in [6.07, 6.45) is 8.78. The molecular weight excluding hydrogens is 476 g/mol. The van der Waals surface area contributed by atoms with Gasteiger partial charge in [0.2, 0.25) is 11.8 Å². The molecule has 1 fully saturated rings. The predicted molar refractivity (Wildman–Crippen MR) is 153 cm³/mol. The average Bonchev–Trinajstić information content (AvgIpc) is 2.94. The number of ether oxygens (including phenoxy) is 1. The molecule has 1 aliphatic rings. The van der Waals surface area contributed by atoms with Crippen LogP contribution in [0.25, 0.3) is 6.08 Å². The van der Waals surface area contributed by atoms with Crippen molar-refractivity contribution in [2.24, 2.45) is 0 Å². The zero-order valence-corrected chi connectivity index (χ0v) is 21.8. The lowest BCUT2D eigenvalue weighted by molar-refractivity contribution is -0.124. The Kier molecular flexibility index (Phi) is 9.54. The van der Waals surface area contributed by atoms with Gasteiger partial charge >= 0.3 is 0 Å². The molecule has 1 aliphatic carbocycles. The minimum absolute atomic E-state index is 0.0251. The first-order chi connectivity index (χ1) is 18.5. The summed E-state index contributed by atoms with van der Waals surface area (Å²) < 4.78 is 5.34. The van der Waals surface area contributed by atoms with Gasteiger partial charge in [-0.05, 0) is 59.9 Å². The Hall–Kier alpha value is -4.10. The van der Waals surface area contributed by atoms with Crippen molar-refractivity contribution in [2.75, 3.05) is 18.2 Å². The van der Waals surface area contributed by atoms with Crippen LogP contribution in [-0.4, -0.2) is 25.0 Å². The maximum Gasteiger partial charge on any atom is 0.248 e. The number of anilines is 2. The molecule has 0 radical (unpaired) electrons. The Bertz CT molecular complexity index is 1250. The molecule has 1 atom stereocenters. The minimum atomic E-state index is -0.509. The van der Waals surface area contributed by atoms with Gasteiger partial charge in [-0.25, -0.2) is 0 Å². The highest BCUT2D eigenvalue weighted by atomic mass is 16.5. The summed E-state index contributed by atoms with van der Waals surface area (Å²) in [5, 5.41) is 9.47. The first kappa shape index (κ1) is 26.9. The average molecular weight is 513 g/mol. The van der Waals surface area contributed by atoms with Gasteiger partial charge in [0, 0.05) is 18.7 Å². The van der Waals surface area contributed by atoms with Crippen LogP contribution in [-0.2, 0) is 16.1 Å². The van der Waals surface area contributed by atoms with Crippen molar-refractivity contribution in [2.45, 2.75) is 50.7 Å². The highest BCUT2D eigenvalue weighted by Crippen LogP contribution is 2.22. The third kappa shape index (κ3) is 7.70. The first-order valence-electron chi connectivity index (χ1n) is 13.1. The normalized spacial score (nSPS) is 14.7. The minimum Gasteiger partial charge on any atom is -0.497 e. The van der Waals surface area contributed by atoms with Crippen LogP contribution in [0.15, 0.2) is 78.9 Å². The van der Waals surface area contributed by atoms with Gasteiger partial charge in [0.25, 0.3) is 0 Å². The quantitative estimate of drug-likeness (QED) is 0.220. The van der Waals surface area contributed by atoms with E-state index in [9.17, 15) is 9.59 Å². The second-order valence-electron chi connectivity index (χ2n) is 9.59. The molecule has 38 heavy (non-hydrogen) atoms. The van der Waals surface area contributed by atoms with Gasteiger partial charge < -0.3 is 21.1 Å². The van der Waals surface area contributed by atoms with Crippen LogP contribution in [0, 0.1) is 0 Å². The number of methoxy groups -OCH3 is 1. The van der Waals surface area contributed by atoms with Gasteiger partial charge in [0.15, 0.2) is 0 Å². The standard InChI is InChI=1S/C31H36N4O3/c1-38-26-11-7-8-23(20-26)21-33-30(31(37)34-25-9-3-2-4-10-25)24-17-14-22(15-18-24)16-19-29(36)35-28-13-6-5-12-27(28)32/h5-8,11-20,25,30,33H,2-4,9-10,21,32H2,1H3,(H,34,37)(H,35,36). The van der Waals surface area contributed by atoms with Crippen LogP contribution in [0.5, 0.6) is 5.75 Å². The van der Waals surface area contributed by atoms with Crippen molar-refractivity contribution in [3.8, 4) is 5.75 Å². The molecule has 7 nitrogen and oxygen atoms in total. The summed E-state index contributed by atoms with van der Waals surface area (Å²) in [6.45, 7) is 0.518. The monoisotopic (exact) mass is 512 g/mol. The van der Waals surface area contributed by atoms with E-state index in [-0.39, 0.29) is 17.9 Å². The van der Waals surface area contributed by atoms with Crippen LogP contribution < -0.4 is 26.4 Å². The number of nitrogens with two attached hydrogens (primary N) is 1. The number of nitrogens with one attached hydrogen (secondary N) is 3. The number of para-hydroxylation sites is 2. The molecule has 0 aliphatic heterocycles. The molecule has 0 spiro atoms. The molecule has 1 saturated carbocycles. The van der Waals surface area contributed by atoms with Gasteiger partial charge in [0.05, 0.1) is 18.5 Å². The zero-order valence-electron chi connectivity index (χ0n) is 21.8. The van der Waals surface area contributed by atoms with Crippen LogP contribution in [0.1, 0.15) is 54.8 Å². The number of hydrogen-bond acceptors (Lipinski definition) is 5. The summed E-state index contributed by atoms with van der Waals surface area (Å²) in [4.78, 5) is 25.7. The summed E-state index contributed by atoms with van der Waals surface area (Å²) in [7, 11) is 1.64.